The van der Waals surface area contributed by atoms with Crippen molar-refractivity contribution in [1.29, 1.82) is 0 Å². The van der Waals surface area contributed by atoms with Crippen molar-refractivity contribution in [1.82, 2.24) is 15.6 Å². The van der Waals surface area contributed by atoms with Crippen LogP contribution in [0.25, 0.3) is 0 Å². The number of nitrogens with zero attached hydrogens (tertiary/aromatic N) is 1. The molecule has 0 bridgehead atoms. The van der Waals surface area contributed by atoms with Gasteiger partial charge < -0.3 is 15.4 Å². The molecule has 1 aliphatic rings. The molecule has 1 aliphatic carbocycles. The number of amides is 2. The highest BCUT2D eigenvalue weighted by molar-refractivity contribution is 7.09. The van der Waals surface area contributed by atoms with Gasteiger partial charge in [-0.1, -0.05) is 0 Å². The topological polar surface area (TPSA) is 80.3 Å². The third-order valence-corrected chi connectivity index (χ3v) is 4.34. The summed E-state index contributed by atoms with van der Waals surface area (Å²) in [6.45, 7) is 2.35. The zero-order valence-electron chi connectivity index (χ0n) is 13.4. The zero-order chi connectivity index (χ0) is 16.9. The van der Waals surface area contributed by atoms with Gasteiger partial charge in [0.05, 0.1) is 17.2 Å². The van der Waals surface area contributed by atoms with E-state index in [0.29, 0.717) is 24.0 Å². The minimum absolute atomic E-state index is 0.00321. The predicted octanol–water partition coefficient (Wildman–Crippen LogP) is 2.04. The Hall–Kier alpha value is -2.41. The summed E-state index contributed by atoms with van der Waals surface area (Å²) in [7, 11) is 0. The summed E-state index contributed by atoms with van der Waals surface area (Å²) in [6.07, 6.45) is 2.06. The third-order valence-electron chi connectivity index (χ3n) is 3.52. The lowest BCUT2D eigenvalue weighted by Crippen LogP contribution is -2.37. The molecule has 0 radical (unpaired) electrons. The maximum absolute atomic E-state index is 12.0. The molecule has 0 spiro atoms. The molecule has 3 rings (SSSR count). The third kappa shape index (κ3) is 4.79. The molecule has 24 heavy (non-hydrogen) atoms. The van der Waals surface area contributed by atoms with E-state index in [9.17, 15) is 9.59 Å². The quantitative estimate of drug-likeness (QED) is 0.805. The zero-order valence-corrected chi connectivity index (χ0v) is 14.2. The maximum Gasteiger partial charge on any atom is 0.251 e. The van der Waals surface area contributed by atoms with Crippen molar-refractivity contribution in [3.63, 3.8) is 0 Å². The van der Waals surface area contributed by atoms with Crippen LogP contribution < -0.4 is 15.4 Å². The van der Waals surface area contributed by atoms with Crippen molar-refractivity contribution in [3.05, 3.63) is 45.9 Å². The van der Waals surface area contributed by atoms with Crippen LogP contribution in [0, 0.1) is 6.92 Å². The number of aryl methyl sites for hydroxylation is 1. The van der Waals surface area contributed by atoms with E-state index in [2.05, 4.69) is 15.6 Å². The molecule has 1 aromatic carbocycles. The van der Waals surface area contributed by atoms with Crippen molar-refractivity contribution in [2.24, 2.45) is 0 Å². The van der Waals surface area contributed by atoms with Crippen LogP contribution in [-0.2, 0) is 11.4 Å². The first-order chi connectivity index (χ1) is 11.6. The molecule has 0 atom stereocenters. The van der Waals surface area contributed by atoms with E-state index in [-0.39, 0.29) is 18.4 Å². The fourth-order valence-corrected chi connectivity index (χ4v) is 2.70. The summed E-state index contributed by atoms with van der Waals surface area (Å²) in [4.78, 5) is 27.9. The van der Waals surface area contributed by atoms with Gasteiger partial charge in [-0.05, 0) is 44.0 Å². The van der Waals surface area contributed by atoms with E-state index in [4.69, 9.17) is 4.74 Å². The first-order valence-electron chi connectivity index (χ1n) is 7.81. The van der Waals surface area contributed by atoms with Gasteiger partial charge in [0.1, 0.15) is 12.4 Å². The molecule has 0 aliphatic heterocycles. The molecule has 0 unspecified atom stereocenters. The monoisotopic (exact) mass is 345 g/mol. The summed E-state index contributed by atoms with van der Waals surface area (Å²) in [6, 6.07) is 7.12. The van der Waals surface area contributed by atoms with Gasteiger partial charge in [-0.15, -0.1) is 11.3 Å². The van der Waals surface area contributed by atoms with Gasteiger partial charge in [0, 0.05) is 17.0 Å². The second-order valence-electron chi connectivity index (χ2n) is 5.70. The van der Waals surface area contributed by atoms with Crippen molar-refractivity contribution >= 4 is 23.2 Å². The molecule has 1 heterocycles. The van der Waals surface area contributed by atoms with E-state index in [1.165, 1.54) is 0 Å². The highest BCUT2D eigenvalue weighted by Crippen LogP contribution is 2.18. The number of carbonyl (C=O) groups excluding carboxylic acids is 2. The van der Waals surface area contributed by atoms with Gasteiger partial charge in [0.25, 0.3) is 5.91 Å². The highest BCUT2D eigenvalue weighted by atomic mass is 32.1. The lowest BCUT2D eigenvalue weighted by molar-refractivity contribution is -0.120. The Bertz CT molecular complexity index is 723. The lowest BCUT2D eigenvalue weighted by Gasteiger charge is -2.07. The standard InChI is InChI=1S/C17H19N3O3S/c1-11-19-14(10-24-11)9-23-15-6-2-12(3-7-15)17(22)18-8-16(21)20-13-4-5-13/h2-3,6-7,10,13H,4-5,8-9H2,1H3,(H,18,22)(H,20,21). The molecule has 2 N–H and O–H groups in total. The smallest absolute Gasteiger partial charge is 0.251 e. The Balaban J connectivity index is 1.46. The fraction of sp³-hybridized carbons (Fsp3) is 0.353. The number of nitrogens with one attached hydrogen (secondary N) is 2. The van der Waals surface area contributed by atoms with Gasteiger partial charge in [-0.25, -0.2) is 4.98 Å². The number of thiazole rings is 1. The average molecular weight is 345 g/mol. The SMILES string of the molecule is Cc1nc(COc2ccc(C(=O)NCC(=O)NC3CC3)cc2)cs1. The Kier molecular flexibility index (Phi) is 5.10. The second kappa shape index (κ2) is 7.44. The van der Waals surface area contributed by atoms with Crippen molar-refractivity contribution in [2.75, 3.05) is 6.54 Å². The molecule has 1 fully saturated rings. The van der Waals surface area contributed by atoms with Gasteiger partial charge in [0.2, 0.25) is 5.91 Å². The van der Waals surface area contributed by atoms with Crippen molar-refractivity contribution in [3.8, 4) is 5.75 Å². The average Bonchev–Trinajstić information content (AvgIpc) is 3.30. The van der Waals surface area contributed by atoms with Crippen molar-refractivity contribution in [2.45, 2.75) is 32.4 Å². The Morgan fingerprint density at radius 2 is 2.04 bits per heavy atom. The molecule has 2 amide bonds. The molecule has 2 aromatic rings. The number of hydrogen-bond donors (Lipinski definition) is 2. The van der Waals surface area contributed by atoms with E-state index < -0.39 is 0 Å². The lowest BCUT2D eigenvalue weighted by atomic mass is 10.2. The van der Waals surface area contributed by atoms with E-state index in [0.717, 1.165) is 23.5 Å². The molecule has 6 nitrogen and oxygen atoms in total. The second-order valence-corrected chi connectivity index (χ2v) is 6.76. The predicted molar refractivity (Wildman–Crippen MR) is 91.1 cm³/mol. The molecular weight excluding hydrogens is 326 g/mol. The molecular formula is C17H19N3O3S. The van der Waals surface area contributed by atoms with Crippen LogP contribution in [-0.4, -0.2) is 29.4 Å². The van der Waals surface area contributed by atoms with Crippen LogP contribution in [0.2, 0.25) is 0 Å². The molecule has 0 saturated heterocycles. The Morgan fingerprint density at radius 3 is 2.67 bits per heavy atom. The summed E-state index contributed by atoms with van der Waals surface area (Å²) >= 11 is 1.58. The van der Waals surface area contributed by atoms with E-state index in [1.807, 2.05) is 12.3 Å². The van der Waals surface area contributed by atoms with Crippen LogP contribution in [0.1, 0.15) is 33.9 Å². The number of ether oxygens (including phenoxy) is 1. The Morgan fingerprint density at radius 1 is 1.29 bits per heavy atom. The summed E-state index contributed by atoms with van der Waals surface area (Å²) < 4.78 is 5.64. The van der Waals surface area contributed by atoms with Crippen LogP contribution in [0.15, 0.2) is 29.6 Å². The highest BCUT2D eigenvalue weighted by Gasteiger charge is 2.23. The minimum atomic E-state index is -0.275. The maximum atomic E-state index is 12.0. The number of benzene rings is 1. The summed E-state index contributed by atoms with van der Waals surface area (Å²) in [5, 5.41) is 8.40. The normalized spacial score (nSPS) is 13.4. The van der Waals surface area contributed by atoms with Crippen molar-refractivity contribution < 1.29 is 14.3 Å². The molecule has 1 saturated carbocycles. The van der Waals surface area contributed by atoms with E-state index in [1.54, 1.807) is 35.6 Å². The van der Waals surface area contributed by atoms with Crippen LogP contribution >= 0.6 is 11.3 Å². The minimum Gasteiger partial charge on any atom is -0.487 e. The number of hydrogen-bond acceptors (Lipinski definition) is 5. The first-order valence-corrected chi connectivity index (χ1v) is 8.69. The first kappa shape index (κ1) is 16.4. The summed E-state index contributed by atoms with van der Waals surface area (Å²) in [5.41, 5.74) is 1.38. The molecule has 126 valence electrons. The Labute approximate surface area is 144 Å². The van der Waals surface area contributed by atoms with Crippen LogP contribution in [0.4, 0.5) is 0 Å². The van der Waals surface area contributed by atoms with Gasteiger partial charge in [0.15, 0.2) is 0 Å². The fourth-order valence-electron chi connectivity index (χ4n) is 2.10. The largest absolute Gasteiger partial charge is 0.487 e. The molecule has 7 heteroatoms. The van der Waals surface area contributed by atoms with Crippen LogP contribution in [0.3, 0.4) is 0 Å². The van der Waals surface area contributed by atoms with Gasteiger partial charge in [-0.3, -0.25) is 9.59 Å². The van der Waals surface area contributed by atoms with Crippen LogP contribution in [0.5, 0.6) is 5.75 Å². The van der Waals surface area contributed by atoms with E-state index >= 15 is 0 Å². The number of carbonyl (C=O) groups is 2. The summed E-state index contributed by atoms with van der Waals surface area (Å²) in [5.74, 6) is 0.246. The number of rotatable bonds is 7. The molecule has 1 aromatic heterocycles. The van der Waals surface area contributed by atoms with Gasteiger partial charge in [-0.2, -0.15) is 0 Å². The number of aromatic nitrogens is 1. The van der Waals surface area contributed by atoms with Gasteiger partial charge >= 0.3 is 0 Å².